The third kappa shape index (κ3) is 4.08. The Bertz CT molecular complexity index is 625. The molecule has 21 heavy (non-hydrogen) atoms. The molecule has 0 aliphatic heterocycles. The topological polar surface area (TPSA) is 26.3 Å². The fraction of sp³-hybridized carbons (Fsp3) is 0.278. The van der Waals surface area contributed by atoms with E-state index in [-0.39, 0.29) is 5.41 Å². The quantitative estimate of drug-likeness (QED) is 0.740. The Morgan fingerprint density at radius 1 is 1.10 bits per heavy atom. The molecule has 2 nitrogen and oxygen atoms in total. The number of rotatable bonds is 4. The minimum atomic E-state index is 0.139. The van der Waals surface area contributed by atoms with Gasteiger partial charge in [-0.25, -0.2) is 0 Å². The van der Waals surface area contributed by atoms with Gasteiger partial charge >= 0.3 is 0 Å². The predicted molar refractivity (Wildman–Crippen MR) is 86.3 cm³/mol. The molecule has 0 spiro atoms. The van der Waals surface area contributed by atoms with Crippen LogP contribution in [-0.4, -0.2) is 6.29 Å². The summed E-state index contributed by atoms with van der Waals surface area (Å²) >= 11 is 5.86. The second-order valence-electron chi connectivity index (χ2n) is 6.04. The first-order valence-corrected chi connectivity index (χ1v) is 7.25. The van der Waals surface area contributed by atoms with Crippen molar-refractivity contribution in [3.8, 4) is 5.75 Å². The van der Waals surface area contributed by atoms with Crippen molar-refractivity contribution in [3.63, 3.8) is 0 Å². The fourth-order valence-corrected chi connectivity index (χ4v) is 2.19. The molecule has 2 aromatic carbocycles. The predicted octanol–water partition coefficient (Wildman–Crippen LogP) is 5.03. The van der Waals surface area contributed by atoms with Crippen molar-refractivity contribution in [3.05, 3.63) is 64.2 Å². The first kappa shape index (κ1) is 15.6. The second-order valence-corrected chi connectivity index (χ2v) is 6.47. The number of hydrogen-bond donors (Lipinski definition) is 0. The Morgan fingerprint density at radius 3 is 2.33 bits per heavy atom. The number of halogens is 1. The second kappa shape index (κ2) is 6.31. The number of benzene rings is 2. The number of carbonyl (C=O) groups excluding carboxylic acids is 1. The third-order valence-corrected chi connectivity index (χ3v) is 3.55. The van der Waals surface area contributed by atoms with E-state index in [1.807, 2.05) is 0 Å². The van der Waals surface area contributed by atoms with E-state index in [9.17, 15) is 4.79 Å². The third-order valence-electron chi connectivity index (χ3n) is 3.31. The summed E-state index contributed by atoms with van der Waals surface area (Å²) in [5, 5.41) is 0.527. The number of aldehydes is 1. The molecule has 0 unspecified atom stereocenters. The van der Waals surface area contributed by atoms with Gasteiger partial charge in [0.1, 0.15) is 12.4 Å². The monoisotopic (exact) mass is 302 g/mol. The first-order chi connectivity index (χ1) is 9.90. The molecule has 0 heterocycles. The van der Waals surface area contributed by atoms with Crippen LogP contribution in [0.1, 0.15) is 42.3 Å². The Labute approximate surface area is 130 Å². The van der Waals surface area contributed by atoms with Crippen LogP contribution in [0.2, 0.25) is 5.02 Å². The van der Waals surface area contributed by atoms with E-state index in [1.54, 1.807) is 18.2 Å². The minimum Gasteiger partial charge on any atom is -0.488 e. The van der Waals surface area contributed by atoms with Gasteiger partial charge in [0.05, 0.1) is 5.56 Å². The lowest BCUT2D eigenvalue weighted by atomic mass is 9.87. The summed E-state index contributed by atoms with van der Waals surface area (Å²) in [6.45, 7) is 6.97. The fourth-order valence-electron chi connectivity index (χ4n) is 2.00. The summed E-state index contributed by atoms with van der Waals surface area (Å²) in [7, 11) is 0. The molecule has 2 aromatic rings. The number of ether oxygens (including phenoxy) is 1. The van der Waals surface area contributed by atoms with Crippen LogP contribution >= 0.6 is 11.6 Å². The largest absolute Gasteiger partial charge is 0.488 e. The lowest BCUT2D eigenvalue weighted by molar-refractivity contribution is 0.111. The highest BCUT2D eigenvalue weighted by Gasteiger charge is 2.13. The average molecular weight is 303 g/mol. The van der Waals surface area contributed by atoms with Crippen molar-refractivity contribution >= 4 is 17.9 Å². The number of carbonyl (C=O) groups is 1. The van der Waals surface area contributed by atoms with Gasteiger partial charge in [-0.05, 0) is 34.7 Å². The minimum absolute atomic E-state index is 0.139. The van der Waals surface area contributed by atoms with E-state index < -0.39 is 0 Å². The van der Waals surface area contributed by atoms with Gasteiger partial charge in [0.15, 0.2) is 6.29 Å². The Hall–Kier alpha value is -1.80. The van der Waals surface area contributed by atoms with E-state index in [4.69, 9.17) is 16.3 Å². The van der Waals surface area contributed by atoms with Crippen LogP contribution in [0.3, 0.4) is 0 Å². The van der Waals surface area contributed by atoms with Gasteiger partial charge < -0.3 is 4.74 Å². The van der Waals surface area contributed by atoms with Crippen LogP contribution in [0, 0.1) is 0 Å². The molecule has 3 heteroatoms. The van der Waals surface area contributed by atoms with Gasteiger partial charge in [-0.15, -0.1) is 0 Å². The maximum atomic E-state index is 11.0. The van der Waals surface area contributed by atoms with E-state index in [2.05, 4.69) is 45.0 Å². The summed E-state index contributed by atoms with van der Waals surface area (Å²) in [4.78, 5) is 11.0. The Kier molecular flexibility index (Phi) is 4.69. The average Bonchev–Trinajstić information content (AvgIpc) is 2.45. The van der Waals surface area contributed by atoms with Crippen LogP contribution in [0.4, 0.5) is 0 Å². The molecule has 0 aliphatic carbocycles. The van der Waals surface area contributed by atoms with Crippen molar-refractivity contribution in [2.24, 2.45) is 0 Å². The molecule has 2 rings (SSSR count). The number of hydrogen-bond acceptors (Lipinski definition) is 2. The highest BCUT2D eigenvalue weighted by atomic mass is 35.5. The van der Waals surface area contributed by atoms with Crippen molar-refractivity contribution in [1.29, 1.82) is 0 Å². The van der Waals surface area contributed by atoms with Gasteiger partial charge in [0.2, 0.25) is 0 Å². The van der Waals surface area contributed by atoms with Crippen molar-refractivity contribution < 1.29 is 9.53 Å². The van der Waals surface area contributed by atoms with Crippen LogP contribution < -0.4 is 4.74 Å². The molecule has 0 bridgehead atoms. The smallest absolute Gasteiger partial charge is 0.153 e. The highest BCUT2D eigenvalue weighted by Crippen LogP contribution is 2.24. The molecule has 110 valence electrons. The van der Waals surface area contributed by atoms with Crippen LogP contribution in [0.25, 0.3) is 0 Å². The standard InChI is InChI=1S/C18H19ClO2/c1-18(2,3)15-6-4-13(5-7-15)12-21-17-9-8-16(19)10-14(17)11-20/h4-11H,12H2,1-3H3. The lowest BCUT2D eigenvalue weighted by Crippen LogP contribution is -2.10. The van der Waals surface area contributed by atoms with E-state index in [0.717, 1.165) is 11.8 Å². The SMILES string of the molecule is CC(C)(C)c1ccc(COc2ccc(Cl)cc2C=O)cc1. The van der Waals surface area contributed by atoms with Crippen molar-refractivity contribution in [2.45, 2.75) is 32.8 Å². The maximum absolute atomic E-state index is 11.0. The highest BCUT2D eigenvalue weighted by molar-refractivity contribution is 6.30. The van der Waals surface area contributed by atoms with Gasteiger partial charge in [-0.3, -0.25) is 4.79 Å². The summed E-state index contributed by atoms with van der Waals surface area (Å²) in [5.74, 6) is 0.550. The van der Waals surface area contributed by atoms with E-state index in [1.165, 1.54) is 5.56 Å². The zero-order chi connectivity index (χ0) is 15.5. The Balaban J connectivity index is 2.08. The molecule has 0 N–H and O–H groups in total. The first-order valence-electron chi connectivity index (χ1n) is 6.87. The molecule has 0 aromatic heterocycles. The van der Waals surface area contributed by atoms with Gasteiger partial charge in [0.25, 0.3) is 0 Å². The van der Waals surface area contributed by atoms with Crippen LogP contribution in [0.5, 0.6) is 5.75 Å². The van der Waals surface area contributed by atoms with Crippen LogP contribution in [-0.2, 0) is 12.0 Å². The van der Waals surface area contributed by atoms with Crippen molar-refractivity contribution in [2.75, 3.05) is 0 Å². The summed E-state index contributed by atoms with van der Waals surface area (Å²) in [6, 6.07) is 13.4. The molecular weight excluding hydrogens is 284 g/mol. The van der Waals surface area contributed by atoms with E-state index >= 15 is 0 Å². The van der Waals surface area contributed by atoms with Crippen molar-refractivity contribution in [1.82, 2.24) is 0 Å². The molecule has 0 saturated heterocycles. The molecule has 0 atom stereocenters. The zero-order valence-electron chi connectivity index (χ0n) is 12.5. The summed E-state index contributed by atoms with van der Waals surface area (Å²) in [5.41, 5.74) is 2.95. The molecule has 0 saturated carbocycles. The summed E-state index contributed by atoms with van der Waals surface area (Å²) < 4.78 is 5.70. The molecule has 0 aliphatic rings. The summed E-state index contributed by atoms with van der Waals surface area (Å²) in [6.07, 6.45) is 0.754. The van der Waals surface area contributed by atoms with E-state index in [0.29, 0.717) is 22.9 Å². The van der Waals surface area contributed by atoms with Crippen LogP contribution in [0.15, 0.2) is 42.5 Å². The molecule has 0 radical (unpaired) electrons. The molecule has 0 amide bonds. The maximum Gasteiger partial charge on any atom is 0.153 e. The van der Waals surface area contributed by atoms with Gasteiger partial charge in [-0.1, -0.05) is 56.6 Å². The molecular formula is C18H19ClO2. The molecule has 0 fully saturated rings. The lowest BCUT2D eigenvalue weighted by Gasteiger charge is -2.19. The van der Waals surface area contributed by atoms with Gasteiger partial charge in [-0.2, -0.15) is 0 Å². The Morgan fingerprint density at radius 2 is 1.76 bits per heavy atom. The zero-order valence-corrected chi connectivity index (χ0v) is 13.3. The normalized spacial score (nSPS) is 11.2. The van der Waals surface area contributed by atoms with Gasteiger partial charge in [0, 0.05) is 5.02 Å².